The minimum Gasteiger partial charge on any atom is -0.408 e. The third kappa shape index (κ3) is 1.72. The van der Waals surface area contributed by atoms with E-state index in [9.17, 15) is 9.90 Å². The lowest BCUT2D eigenvalue weighted by Gasteiger charge is -2.44. The van der Waals surface area contributed by atoms with Crippen LogP contribution in [0, 0.1) is 5.41 Å². The minimum absolute atomic E-state index is 0.0229. The zero-order chi connectivity index (χ0) is 13.6. The Kier molecular flexibility index (Phi) is 2.74. The molecule has 1 aliphatic rings. The number of benzene rings is 1. The predicted octanol–water partition coefficient (Wildman–Crippen LogP) is 0.140. The van der Waals surface area contributed by atoms with E-state index in [2.05, 4.69) is 0 Å². The first-order valence-electron chi connectivity index (χ1n) is 6.11. The molecule has 3 rings (SSSR count). The molecule has 2 aromatic rings. The highest BCUT2D eigenvalue weighted by atomic mass is 16.5. The second-order valence-corrected chi connectivity index (χ2v) is 5.15. The Morgan fingerprint density at radius 3 is 2.84 bits per heavy atom. The van der Waals surface area contributed by atoms with Crippen molar-refractivity contribution in [3.63, 3.8) is 0 Å². The van der Waals surface area contributed by atoms with Crippen molar-refractivity contribution in [1.82, 2.24) is 4.57 Å². The Labute approximate surface area is 109 Å². The van der Waals surface area contributed by atoms with Crippen molar-refractivity contribution < 1.29 is 14.3 Å². The fourth-order valence-electron chi connectivity index (χ4n) is 2.43. The van der Waals surface area contributed by atoms with Crippen LogP contribution in [0.15, 0.2) is 27.4 Å². The summed E-state index contributed by atoms with van der Waals surface area (Å²) in [5.41, 5.74) is 7.85. The molecule has 6 heteroatoms. The van der Waals surface area contributed by atoms with E-state index in [1.165, 1.54) is 4.57 Å². The minimum atomic E-state index is -0.428. The van der Waals surface area contributed by atoms with Crippen LogP contribution in [0.1, 0.15) is 11.6 Å². The molecular formula is C13H16N2O4. The predicted molar refractivity (Wildman–Crippen MR) is 68.7 cm³/mol. The monoisotopic (exact) mass is 264 g/mol. The molecule has 1 atom stereocenters. The fourth-order valence-corrected chi connectivity index (χ4v) is 2.43. The molecule has 102 valence electrons. The smallest absolute Gasteiger partial charge is 0.408 e. The first kappa shape index (κ1) is 12.4. The van der Waals surface area contributed by atoms with Gasteiger partial charge in [-0.1, -0.05) is 6.07 Å². The number of aliphatic hydroxyl groups excluding tert-OH is 1. The average molecular weight is 264 g/mol. The zero-order valence-electron chi connectivity index (χ0n) is 10.6. The van der Waals surface area contributed by atoms with Crippen molar-refractivity contribution in [3.05, 3.63) is 34.3 Å². The molecule has 1 unspecified atom stereocenters. The first-order chi connectivity index (χ1) is 9.07. The maximum atomic E-state index is 11.4. The second-order valence-electron chi connectivity index (χ2n) is 5.15. The van der Waals surface area contributed by atoms with Gasteiger partial charge < -0.3 is 20.0 Å². The maximum Gasteiger partial charge on any atom is 0.419 e. The van der Waals surface area contributed by atoms with E-state index in [1.807, 2.05) is 6.07 Å². The van der Waals surface area contributed by atoms with Crippen molar-refractivity contribution in [2.45, 2.75) is 6.04 Å². The number of rotatable bonds is 3. The van der Waals surface area contributed by atoms with E-state index in [-0.39, 0.29) is 12.6 Å². The zero-order valence-corrected chi connectivity index (χ0v) is 10.6. The SMILES string of the molecule is Cn1c(=O)oc2cc(C(N)C3(CO)COC3)ccc21. The quantitative estimate of drug-likeness (QED) is 0.823. The normalized spacial score (nSPS) is 19.3. The highest BCUT2D eigenvalue weighted by Crippen LogP contribution is 2.39. The third-order valence-electron chi connectivity index (χ3n) is 3.93. The average Bonchev–Trinajstić information content (AvgIpc) is 2.64. The van der Waals surface area contributed by atoms with Crippen LogP contribution in [0.25, 0.3) is 11.1 Å². The van der Waals surface area contributed by atoms with Crippen molar-refractivity contribution in [2.24, 2.45) is 18.2 Å². The van der Waals surface area contributed by atoms with E-state index < -0.39 is 11.2 Å². The van der Waals surface area contributed by atoms with Gasteiger partial charge in [-0.05, 0) is 17.7 Å². The van der Waals surface area contributed by atoms with Crippen LogP contribution in [-0.2, 0) is 11.8 Å². The molecular weight excluding hydrogens is 248 g/mol. The van der Waals surface area contributed by atoms with E-state index >= 15 is 0 Å². The molecule has 0 saturated carbocycles. The standard InChI is InChI=1S/C13H16N2O4/c1-15-9-3-2-8(4-10(9)19-12(15)17)11(14)13(5-16)6-18-7-13/h2-4,11,16H,5-7,14H2,1H3. The molecule has 19 heavy (non-hydrogen) atoms. The van der Waals surface area contributed by atoms with Gasteiger partial charge in [0.25, 0.3) is 0 Å². The Bertz CT molecular complexity index is 663. The molecule has 0 amide bonds. The van der Waals surface area contributed by atoms with E-state index in [4.69, 9.17) is 14.9 Å². The van der Waals surface area contributed by atoms with Gasteiger partial charge in [-0.2, -0.15) is 0 Å². The maximum absolute atomic E-state index is 11.4. The summed E-state index contributed by atoms with van der Waals surface area (Å²) >= 11 is 0. The van der Waals surface area contributed by atoms with Crippen LogP contribution in [-0.4, -0.2) is 29.5 Å². The molecule has 0 bridgehead atoms. The topological polar surface area (TPSA) is 90.6 Å². The number of ether oxygens (including phenoxy) is 1. The summed E-state index contributed by atoms with van der Waals surface area (Å²) in [6, 6.07) is 5.08. The van der Waals surface area contributed by atoms with Crippen LogP contribution in [0.5, 0.6) is 0 Å². The molecule has 1 aliphatic heterocycles. The number of hydrogen-bond donors (Lipinski definition) is 2. The summed E-state index contributed by atoms with van der Waals surface area (Å²) in [5.74, 6) is -0.399. The number of aryl methyl sites for hydroxylation is 1. The van der Waals surface area contributed by atoms with Crippen LogP contribution in [0.2, 0.25) is 0 Å². The van der Waals surface area contributed by atoms with Crippen molar-refractivity contribution in [2.75, 3.05) is 19.8 Å². The number of fused-ring (bicyclic) bond motifs is 1. The van der Waals surface area contributed by atoms with Gasteiger partial charge in [0.15, 0.2) is 5.58 Å². The largest absolute Gasteiger partial charge is 0.419 e. The summed E-state index contributed by atoms with van der Waals surface area (Å²) in [4.78, 5) is 11.4. The molecule has 1 fully saturated rings. The summed E-state index contributed by atoms with van der Waals surface area (Å²) in [7, 11) is 1.66. The van der Waals surface area contributed by atoms with Gasteiger partial charge in [0, 0.05) is 13.1 Å². The number of oxazole rings is 1. The van der Waals surface area contributed by atoms with Gasteiger partial charge in [-0.25, -0.2) is 4.79 Å². The number of nitrogens with zero attached hydrogens (tertiary/aromatic N) is 1. The number of aromatic nitrogens is 1. The van der Waals surface area contributed by atoms with Gasteiger partial charge >= 0.3 is 5.76 Å². The Hall–Kier alpha value is -1.63. The van der Waals surface area contributed by atoms with Gasteiger partial charge in [0.1, 0.15) is 0 Å². The summed E-state index contributed by atoms with van der Waals surface area (Å²) in [6.45, 7) is 0.869. The number of nitrogens with two attached hydrogens (primary N) is 1. The molecule has 0 aliphatic carbocycles. The van der Waals surface area contributed by atoms with Crippen molar-refractivity contribution >= 4 is 11.1 Å². The molecule has 1 aromatic carbocycles. The van der Waals surface area contributed by atoms with Gasteiger partial charge in [0.05, 0.1) is 30.8 Å². The molecule has 1 saturated heterocycles. The Balaban J connectivity index is 2.03. The Morgan fingerprint density at radius 2 is 2.26 bits per heavy atom. The molecule has 2 heterocycles. The molecule has 6 nitrogen and oxygen atoms in total. The lowest BCUT2D eigenvalue weighted by Crippen LogP contribution is -2.52. The summed E-state index contributed by atoms with van der Waals surface area (Å²) in [5, 5.41) is 9.49. The number of hydrogen-bond acceptors (Lipinski definition) is 5. The van der Waals surface area contributed by atoms with Crippen molar-refractivity contribution in [3.8, 4) is 0 Å². The molecule has 0 spiro atoms. The van der Waals surface area contributed by atoms with Gasteiger partial charge in [0.2, 0.25) is 0 Å². The van der Waals surface area contributed by atoms with Crippen LogP contribution < -0.4 is 11.5 Å². The van der Waals surface area contributed by atoms with Gasteiger partial charge in [-0.3, -0.25) is 4.57 Å². The van der Waals surface area contributed by atoms with Crippen LogP contribution in [0.3, 0.4) is 0 Å². The van der Waals surface area contributed by atoms with Crippen molar-refractivity contribution in [1.29, 1.82) is 0 Å². The molecule has 0 radical (unpaired) electrons. The summed E-state index contributed by atoms with van der Waals surface area (Å²) < 4.78 is 11.8. The molecule has 1 aromatic heterocycles. The summed E-state index contributed by atoms with van der Waals surface area (Å²) in [6.07, 6.45) is 0. The van der Waals surface area contributed by atoms with Crippen LogP contribution >= 0.6 is 0 Å². The van der Waals surface area contributed by atoms with E-state index in [1.54, 1.807) is 19.2 Å². The highest BCUT2D eigenvalue weighted by Gasteiger charge is 2.44. The van der Waals surface area contributed by atoms with E-state index in [0.717, 1.165) is 11.1 Å². The van der Waals surface area contributed by atoms with Crippen LogP contribution in [0.4, 0.5) is 0 Å². The lowest BCUT2D eigenvalue weighted by molar-refractivity contribution is -0.150. The van der Waals surface area contributed by atoms with E-state index in [0.29, 0.717) is 18.8 Å². The van der Waals surface area contributed by atoms with Gasteiger partial charge in [-0.15, -0.1) is 0 Å². The third-order valence-corrected chi connectivity index (χ3v) is 3.93. The second kappa shape index (κ2) is 4.19. The molecule has 3 N–H and O–H groups in total. The highest BCUT2D eigenvalue weighted by molar-refractivity contribution is 5.73. The Morgan fingerprint density at radius 1 is 1.53 bits per heavy atom. The number of aliphatic hydroxyl groups is 1. The first-order valence-corrected chi connectivity index (χ1v) is 6.11. The lowest BCUT2D eigenvalue weighted by atomic mass is 9.76. The fraction of sp³-hybridized carbons (Fsp3) is 0.462.